The number of phenols is 5. The minimum atomic E-state index is -0.117. The smallest absolute Gasteiger partial charge is 0.200 e. The SMILES string of the molecule is COc1cc(CN(CCN(CCN(Cc2cc(OC)c(O)c(OC)c2)Cc2cc(OC)c(O)c(OC)c2)CCN(Cc2cc(OC)c(O)c(OC)c2)Cc2cc(OC)c(O)c(OC)c2)Cc2cc(OC)c(O)c(OC)c2)cc(OC)c1C. The molecule has 0 amide bonds. The molecule has 82 heavy (non-hydrogen) atoms. The number of hydrogen-bond donors (Lipinski definition) is 5. The van der Waals surface area contributed by atoms with Crippen LogP contribution < -0.4 is 56.8 Å². The van der Waals surface area contributed by atoms with Crippen molar-refractivity contribution in [3.8, 4) is 97.7 Å². The summed E-state index contributed by atoms with van der Waals surface area (Å²) in [4.78, 5) is 9.16. The maximum atomic E-state index is 10.9. The predicted octanol–water partition coefficient (Wildman–Crippen LogP) is 8.34. The van der Waals surface area contributed by atoms with Crippen LogP contribution in [0.25, 0.3) is 0 Å². The van der Waals surface area contributed by atoms with E-state index >= 15 is 0 Å². The molecule has 446 valence electrons. The Morgan fingerprint density at radius 2 is 0.366 bits per heavy atom. The number of methoxy groups -OCH3 is 12. The Balaban J connectivity index is 1.45. The van der Waals surface area contributed by atoms with Crippen molar-refractivity contribution >= 4 is 0 Å². The molecule has 0 heterocycles. The van der Waals surface area contributed by atoms with Crippen molar-refractivity contribution in [2.24, 2.45) is 0 Å². The summed E-state index contributed by atoms with van der Waals surface area (Å²) in [7, 11) is 18.1. The zero-order chi connectivity index (χ0) is 59.6. The number of rotatable bonds is 33. The van der Waals surface area contributed by atoms with Gasteiger partial charge in [0.25, 0.3) is 0 Å². The van der Waals surface area contributed by atoms with Gasteiger partial charge in [-0.3, -0.25) is 19.6 Å². The van der Waals surface area contributed by atoms with Gasteiger partial charge in [-0.15, -0.1) is 0 Å². The van der Waals surface area contributed by atoms with E-state index in [-0.39, 0.29) is 86.2 Å². The van der Waals surface area contributed by atoms with Gasteiger partial charge in [-0.1, -0.05) is 0 Å². The first-order valence-corrected chi connectivity index (χ1v) is 26.3. The summed E-state index contributed by atoms with van der Waals surface area (Å²) >= 11 is 0. The lowest BCUT2D eigenvalue weighted by Gasteiger charge is -2.33. The molecule has 0 aromatic heterocycles. The van der Waals surface area contributed by atoms with E-state index in [0.717, 1.165) is 38.9 Å². The van der Waals surface area contributed by atoms with Crippen LogP contribution in [0.5, 0.6) is 97.7 Å². The maximum absolute atomic E-state index is 10.9. The largest absolute Gasteiger partial charge is 0.502 e. The molecular formula is C61H80N4O17. The summed E-state index contributed by atoms with van der Waals surface area (Å²) in [5.41, 5.74) is 5.86. The highest BCUT2D eigenvalue weighted by Gasteiger charge is 2.23. The lowest BCUT2D eigenvalue weighted by Crippen LogP contribution is -2.42. The average Bonchev–Trinajstić information content (AvgIpc) is 3.48. The summed E-state index contributed by atoms with van der Waals surface area (Å²) in [6, 6.07) is 21.8. The van der Waals surface area contributed by atoms with Crippen LogP contribution in [-0.4, -0.2) is 170 Å². The summed E-state index contributed by atoms with van der Waals surface area (Å²) in [6.45, 7) is 7.44. The second kappa shape index (κ2) is 30.0. The van der Waals surface area contributed by atoms with Gasteiger partial charge in [0.15, 0.2) is 57.5 Å². The van der Waals surface area contributed by atoms with E-state index in [2.05, 4.69) is 19.6 Å². The third-order valence-electron chi connectivity index (χ3n) is 14.1. The highest BCUT2D eigenvalue weighted by atomic mass is 16.5. The molecular weight excluding hydrogens is 1060 g/mol. The van der Waals surface area contributed by atoms with E-state index in [0.29, 0.717) is 90.0 Å². The number of hydrogen-bond acceptors (Lipinski definition) is 21. The number of benzene rings is 6. The van der Waals surface area contributed by atoms with E-state index in [4.69, 9.17) is 56.8 Å². The molecule has 0 aliphatic heterocycles. The molecule has 0 unspecified atom stereocenters. The van der Waals surface area contributed by atoms with Crippen molar-refractivity contribution in [2.45, 2.75) is 46.2 Å². The second-order valence-corrected chi connectivity index (χ2v) is 19.3. The summed E-state index contributed by atoms with van der Waals surface area (Å²) in [6.07, 6.45) is 0. The summed E-state index contributed by atoms with van der Waals surface area (Å²) in [5, 5.41) is 54.6. The average molecular weight is 1140 g/mol. The van der Waals surface area contributed by atoms with Crippen LogP contribution in [0.2, 0.25) is 0 Å². The molecule has 21 nitrogen and oxygen atoms in total. The molecule has 0 bridgehead atoms. The van der Waals surface area contributed by atoms with Crippen LogP contribution in [0, 0.1) is 6.92 Å². The van der Waals surface area contributed by atoms with Crippen LogP contribution in [0.1, 0.15) is 38.9 Å². The lowest BCUT2D eigenvalue weighted by molar-refractivity contribution is 0.142. The van der Waals surface area contributed by atoms with Crippen LogP contribution in [0.4, 0.5) is 0 Å². The first-order valence-electron chi connectivity index (χ1n) is 26.3. The molecule has 0 aliphatic rings. The van der Waals surface area contributed by atoms with Gasteiger partial charge in [0.2, 0.25) is 28.7 Å². The fraction of sp³-hybridized carbons (Fsp3) is 0.410. The Bertz CT molecular complexity index is 2400. The zero-order valence-corrected chi connectivity index (χ0v) is 49.3. The Labute approximate surface area is 480 Å². The Hall–Kier alpha value is -8.24. The molecule has 0 spiro atoms. The van der Waals surface area contributed by atoms with Crippen LogP contribution in [0.3, 0.4) is 0 Å². The van der Waals surface area contributed by atoms with Gasteiger partial charge in [-0.05, 0) is 113 Å². The molecule has 0 atom stereocenters. The molecule has 0 saturated heterocycles. The molecule has 0 aliphatic carbocycles. The summed E-state index contributed by atoms with van der Waals surface area (Å²) in [5.74, 6) is 3.38. The first kappa shape index (κ1) is 62.9. The number of nitrogens with zero attached hydrogens (tertiary/aromatic N) is 4. The Kier molecular flexibility index (Phi) is 23.0. The standard InChI is InChI=1S/C61H80N4O17/c1-38-45(71-2)20-39(21-46(38)72-3)32-63(33-40-22-47(73-4)57(66)48(23-40)74-5)17-14-62(15-18-64(34-41-24-49(75-6)58(67)50(25-41)76-7)35-42-26-51(77-8)59(68)52(27-42)78-9)16-19-65(36-43-28-53(79-10)60(69)54(29-43)80-11)37-44-30-55(81-12)61(70)56(31-44)82-13/h20-31,66-70H,14-19,32-37H2,1-13H3. The maximum Gasteiger partial charge on any atom is 0.200 e. The fourth-order valence-corrected chi connectivity index (χ4v) is 9.80. The van der Waals surface area contributed by atoms with Gasteiger partial charge in [-0.2, -0.15) is 0 Å². The van der Waals surface area contributed by atoms with Crippen molar-refractivity contribution in [1.29, 1.82) is 0 Å². The third-order valence-corrected chi connectivity index (χ3v) is 14.1. The van der Waals surface area contributed by atoms with Gasteiger partial charge in [0.1, 0.15) is 11.5 Å². The van der Waals surface area contributed by atoms with Crippen LogP contribution >= 0.6 is 0 Å². The van der Waals surface area contributed by atoms with Gasteiger partial charge in [0, 0.05) is 84.1 Å². The van der Waals surface area contributed by atoms with Crippen LogP contribution in [-0.2, 0) is 39.3 Å². The zero-order valence-electron chi connectivity index (χ0n) is 49.3. The van der Waals surface area contributed by atoms with Gasteiger partial charge >= 0.3 is 0 Å². The molecule has 6 aromatic carbocycles. The van der Waals surface area contributed by atoms with Crippen molar-refractivity contribution in [1.82, 2.24) is 19.6 Å². The van der Waals surface area contributed by atoms with E-state index in [9.17, 15) is 25.5 Å². The highest BCUT2D eigenvalue weighted by Crippen LogP contribution is 2.42. The normalized spacial score (nSPS) is 11.3. The van der Waals surface area contributed by atoms with E-state index in [1.807, 2.05) is 19.1 Å². The number of aromatic hydroxyl groups is 5. The van der Waals surface area contributed by atoms with Gasteiger partial charge in [0.05, 0.1) is 85.3 Å². The summed E-state index contributed by atoms with van der Waals surface area (Å²) < 4.78 is 67.5. The first-order chi connectivity index (χ1) is 39.5. The van der Waals surface area contributed by atoms with E-state index in [1.54, 1.807) is 74.9 Å². The quantitative estimate of drug-likeness (QED) is 0.0261. The van der Waals surface area contributed by atoms with Crippen molar-refractivity contribution in [3.05, 3.63) is 112 Å². The van der Waals surface area contributed by atoms with Crippen molar-refractivity contribution in [2.75, 3.05) is 125 Å². The van der Waals surface area contributed by atoms with E-state index < -0.39 is 0 Å². The molecule has 0 radical (unpaired) electrons. The fourth-order valence-electron chi connectivity index (χ4n) is 9.80. The minimum absolute atomic E-state index is 0.102. The lowest BCUT2D eigenvalue weighted by atomic mass is 10.1. The monoisotopic (exact) mass is 1140 g/mol. The predicted molar refractivity (Wildman–Crippen MR) is 309 cm³/mol. The third kappa shape index (κ3) is 15.8. The minimum Gasteiger partial charge on any atom is -0.502 e. The van der Waals surface area contributed by atoms with Gasteiger partial charge in [-0.25, -0.2) is 0 Å². The molecule has 21 heteroatoms. The molecule has 6 aromatic rings. The molecule has 5 N–H and O–H groups in total. The Morgan fingerprint density at radius 1 is 0.232 bits per heavy atom. The van der Waals surface area contributed by atoms with Crippen molar-refractivity contribution < 1.29 is 82.4 Å². The molecule has 0 saturated carbocycles. The molecule has 0 fully saturated rings. The second-order valence-electron chi connectivity index (χ2n) is 19.3. The van der Waals surface area contributed by atoms with Crippen LogP contribution in [0.15, 0.2) is 72.8 Å². The Morgan fingerprint density at radius 3 is 0.512 bits per heavy atom. The topological polar surface area (TPSA) is 225 Å². The number of ether oxygens (including phenoxy) is 12. The molecule has 6 rings (SSSR count). The van der Waals surface area contributed by atoms with Gasteiger partial charge < -0.3 is 82.4 Å². The van der Waals surface area contributed by atoms with Crippen molar-refractivity contribution in [3.63, 3.8) is 0 Å². The highest BCUT2D eigenvalue weighted by molar-refractivity contribution is 5.56. The van der Waals surface area contributed by atoms with E-state index in [1.165, 1.54) is 71.1 Å². The number of phenolic OH excluding ortho intramolecular Hbond substituents is 5.